The van der Waals surface area contributed by atoms with E-state index < -0.39 is 0 Å². The first-order valence-electron chi connectivity index (χ1n) is 5.30. The molecule has 0 aromatic heterocycles. The maximum absolute atomic E-state index is 11.3. The Morgan fingerprint density at radius 3 is 2.27 bits per heavy atom. The number of hydrogen-bond donors (Lipinski definition) is 0. The Morgan fingerprint density at radius 2 is 1.80 bits per heavy atom. The first-order chi connectivity index (χ1) is 6.91. The van der Waals surface area contributed by atoms with E-state index in [1.165, 1.54) is 6.08 Å². The van der Waals surface area contributed by atoms with Gasteiger partial charge in [-0.3, -0.25) is 4.79 Å². The zero-order chi connectivity index (χ0) is 11.8. The van der Waals surface area contributed by atoms with Crippen LogP contribution >= 0.6 is 0 Å². The summed E-state index contributed by atoms with van der Waals surface area (Å²) in [6.07, 6.45) is 3.64. The number of allylic oxidation sites excluding steroid dienone is 1. The Balaban J connectivity index is 3.79. The van der Waals surface area contributed by atoms with Crippen molar-refractivity contribution in [3.05, 3.63) is 12.2 Å². The highest BCUT2D eigenvalue weighted by Crippen LogP contribution is 2.03. The van der Waals surface area contributed by atoms with Crippen molar-refractivity contribution in [3.8, 4) is 0 Å². The lowest BCUT2D eigenvalue weighted by molar-refractivity contribution is -0.141. The molecule has 86 valence electrons. The molecule has 0 aromatic carbocycles. The maximum Gasteiger partial charge on any atom is 0.330 e. The number of Topliss-reactive ketones (excluding diaryl/α,β-unsaturated/α-hetero) is 1. The second-order valence-electron chi connectivity index (χ2n) is 4.23. The first-order valence-corrected chi connectivity index (χ1v) is 5.30. The average Bonchev–Trinajstić information content (AvgIpc) is 2.00. The summed E-state index contributed by atoms with van der Waals surface area (Å²) < 4.78 is 4.88. The van der Waals surface area contributed by atoms with Gasteiger partial charge in [0.25, 0.3) is 0 Å². The van der Waals surface area contributed by atoms with Crippen molar-refractivity contribution in [1.29, 1.82) is 0 Å². The number of ketones is 1. The van der Waals surface area contributed by atoms with Gasteiger partial charge in [-0.2, -0.15) is 0 Å². The highest BCUT2D eigenvalue weighted by atomic mass is 16.5. The summed E-state index contributed by atoms with van der Waals surface area (Å²) in [5, 5.41) is 0. The second kappa shape index (κ2) is 7.21. The van der Waals surface area contributed by atoms with E-state index in [4.69, 9.17) is 4.74 Å². The molecular formula is C12H20O3. The fraction of sp³-hybridized carbons (Fsp3) is 0.667. The average molecular weight is 212 g/mol. The Hall–Kier alpha value is -1.12. The van der Waals surface area contributed by atoms with Crippen molar-refractivity contribution in [2.24, 2.45) is 5.92 Å². The number of hydrogen-bond acceptors (Lipinski definition) is 3. The van der Waals surface area contributed by atoms with Gasteiger partial charge in [0.1, 0.15) is 5.78 Å². The third-order valence-electron chi connectivity index (χ3n) is 1.59. The van der Waals surface area contributed by atoms with Gasteiger partial charge >= 0.3 is 5.97 Å². The summed E-state index contributed by atoms with van der Waals surface area (Å²) in [7, 11) is 0. The van der Waals surface area contributed by atoms with E-state index in [9.17, 15) is 9.59 Å². The van der Waals surface area contributed by atoms with Crippen LogP contribution in [0.1, 0.15) is 40.5 Å². The van der Waals surface area contributed by atoms with Gasteiger partial charge in [-0.05, 0) is 19.8 Å². The third kappa shape index (κ3) is 9.19. The van der Waals surface area contributed by atoms with Crippen LogP contribution in [0.3, 0.4) is 0 Å². The molecule has 0 amide bonds. The van der Waals surface area contributed by atoms with Gasteiger partial charge < -0.3 is 4.74 Å². The van der Waals surface area contributed by atoms with Crippen LogP contribution in [0.4, 0.5) is 0 Å². The Kier molecular flexibility index (Phi) is 6.67. The standard InChI is InChI=1S/C12H20O3/c1-9(2)8-11(13)6-5-7-12(14)15-10(3)4/h5,7,9-10H,6,8H2,1-4H3/b7-5-. The quantitative estimate of drug-likeness (QED) is 0.502. The minimum Gasteiger partial charge on any atom is -0.460 e. The zero-order valence-electron chi connectivity index (χ0n) is 9.95. The van der Waals surface area contributed by atoms with E-state index in [1.54, 1.807) is 19.9 Å². The summed E-state index contributed by atoms with van der Waals surface area (Å²) >= 11 is 0. The van der Waals surface area contributed by atoms with Crippen LogP contribution < -0.4 is 0 Å². The lowest BCUT2D eigenvalue weighted by Gasteiger charge is -2.04. The van der Waals surface area contributed by atoms with Crippen molar-refractivity contribution in [3.63, 3.8) is 0 Å². The van der Waals surface area contributed by atoms with E-state index >= 15 is 0 Å². The van der Waals surface area contributed by atoms with Gasteiger partial charge in [-0.1, -0.05) is 19.9 Å². The third-order valence-corrected chi connectivity index (χ3v) is 1.59. The van der Waals surface area contributed by atoms with Crippen molar-refractivity contribution < 1.29 is 14.3 Å². The normalized spacial score (nSPS) is 11.3. The van der Waals surface area contributed by atoms with E-state index in [2.05, 4.69) is 0 Å². The molecule has 0 bridgehead atoms. The number of carbonyl (C=O) groups excluding carboxylic acids is 2. The number of rotatable bonds is 6. The van der Waals surface area contributed by atoms with Crippen molar-refractivity contribution in [2.75, 3.05) is 0 Å². The van der Waals surface area contributed by atoms with Crippen LogP contribution in [0.5, 0.6) is 0 Å². The van der Waals surface area contributed by atoms with Crippen molar-refractivity contribution in [2.45, 2.75) is 46.6 Å². The lowest BCUT2D eigenvalue weighted by Crippen LogP contribution is -2.08. The molecule has 0 unspecified atom stereocenters. The van der Waals surface area contributed by atoms with Crippen molar-refractivity contribution >= 4 is 11.8 Å². The van der Waals surface area contributed by atoms with Gasteiger partial charge in [0, 0.05) is 18.9 Å². The number of esters is 1. The molecule has 15 heavy (non-hydrogen) atoms. The highest BCUT2D eigenvalue weighted by Gasteiger charge is 2.03. The molecule has 0 spiro atoms. The van der Waals surface area contributed by atoms with E-state index in [0.717, 1.165) is 0 Å². The largest absolute Gasteiger partial charge is 0.460 e. The van der Waals surface area contributed by atoms with Gasteiger partial charge in [0.15, 0.2) is 0 Å². The van der Waals surface area contributed by atoms with Gasteiger partial charge in [-0.25, -0.2) is 4.79 Å². The van der Waals surface area contributed by atoms with Crippen LogP contribution in [0, 0.1) is 5.92 Å². The SMILES string of the molecule is CC(C)CC(=O)C/C=C\C(=O)OC(C)C. The summed E-state index contributed by atoms with van der Waals surface area (Å²) in [5.41, 5.74) is 0. The van der Waals surface area contributed by atoms with Crippen LogP contribution in [0.2, 0.25) is 0 Å². The molecule has 0 rings (SSSR count). The topological polar surface area (TPSA) is 43.4 Å². The summed E-state index contributed by atoms with van der Waals surface area (Å²) in [6, 6.07) is 0. The maximum atomic E-state index is 11.3. The van der Waals surface area contributed by atoms with Crippen LogP contribution in [0.15, 0.2) is 12.2 Å². The molecule has 0 aromatic rings. The van der Waals surface area contributed by atoms with Gasteiger partial charge in [0.2, 0.25) is 0 Å². The molecule has 0 fully saturated rings. The Labute approximate surface area is 91.5 Å². The first kappa shape index (κ1) is 13.9. The van der Waals surface area contributed by atoms with Crippen molar-refractivity contribution in [1.82, 2.24) is 0 Å². The van der Waals surface area contributed by atoms with Crippen LogP contribution in [-0.4, -0.2) is 17.9 Å². The van der Waals surface area contributed by atoms with Crippen LogP contribution in [0.25, 0.3) is 0 Å². The number of ether oxygens (including phenoxy) is 1. The molecule has 3 nitrogen and oxygen atoms in total. The minimum absolute atomic E-state index is 0.117. The molecule has 0 heterocycles. The summed E-state index contributed by atoms with van der Waals surface area (Å²) in [5.74, 6) is 0.134. The summed E-state index contributed by atoms with van der Waals surface area (Å²) in [4.78, 5) is 22.3. The Morgan fingerprint density at radius 1 is 1.20 bits per heavy atom. The monoisotopic (exact) mass is 212 g/mol. The second-order valence-corrected chi connectivity index (χ2v) is 4.23. The molecule has 0 saturated carbocycles. The lowest BCUT2D eigenvalue weighted by atomic mass is 10.1. The van der Waals surface area contributed by atoms with E-state index in [0.29, 0.717) is 18.8 Å². The smallest absolute Gasteiger partial charge is 0.330 e. The molecular weight excluding hydrogens is 192 g/mol. The number of carbonyl (C=O) groups is 2. The Bertz CT molecular complexity index is 239. The predicted octanol–water partition coefficient (Wildman–Crippen LogP) is 2.50. The fourth-order valence-electron chi connectivity index (χ4n) is 1.10. The molecule has 0 aliphatic heterocycles. The predicted molar refractivity (Wildman–Crippen MR) is 59.4 cm³/mol. The molecule has 3 heteroatoms. The van der Waals surface area contributed by atoms with Crippen LogP contribution in [-0.2, 0) is 14.3 Å². The van der Waals surface area contributed by atoms with E-state index in [1.807, 2.05) is 13.8 Å². The molecule has 0 aliphatic carbocycles. The molecule has 0 aliphatic rings. The molecule has 0 atom stereocenters. The highest BCUT2D eigenvalue weighted by molar-refractivity contribution is 5.85. The fourth-order valence-corrected chi connectivity index (χ4v) is 1.10. The van der Waals surface area contributed by atoms with Gasteiger partial charge in [-0.15, -0.1) is 0 Å². The molecule has 0 radical (unpaired) electrons. The molecule has 0 saturated heterocycles. The molecule has 0 N–H and O–H groups in total. The minimum atomic E-state index is -0.387. The zero-order valence-corrected chi connectivity index (χ0v) is 9.95. The van der Waals surface area contributed by atoms with Gasteiger partial charge in [0.05, 0.1) is 6.10 Å². The summed E-state index contributed by atoms with van der Waals surface area (Å²) in [6.45, 7) is 7.56. The van der Waals surface area contributed by atoms with E-state index in [-0.39, 0.29) is 17.9 Å².